The number of hydrogen-bond donors (Lipinski definition) is 3. The van der Waals surface area contributed by atoms with Crippen molar-refractivity contribution >= 4 is 39.4 Å². The summed E-state index contributed by atoms with van der Waals surface area (Å²) in [6.07, 6.45) is 0. The Kier molecular flexibility index (Phi) is 4.36. The van der Waals surface area contributed by atoms with Gasteiger partial charge in [0.25, 0.3) is 0 Å². The molecule has 0 aliphatic heterocycles. The van der Waals surface area contributed by atoms with Gasteiger partial charge in [-0.05, 0) is 53.9 Å². The van der Waals surface area contributed by atoms with Gasteiger partial charge in [0.2, 0.25) is 0 Å². The highest BCUT2D eigenvalue weighted by Gasteiger charge is 2.03. The maximum Gasteiger partial charge on any atom is 0.324 e. The van der Waals surface area contributed by atoms with Gasteiger partial charge in [-0.15, -0.1) is 11.3 Å². The Balaban J connectivity index is 1.58. The second-order valence-electron chi connectivity index (χ2n) is 4.62. The number of carbonyl (C=O) groups is 1. The molecule has 110 valence electrons. The fourth-order valence-corrected chi connectivity index (χ4v) is 2.56. The maximum absolute atomic E-state index is 11.8. The molecule has 0 saturated heterocycles. The van der Waals surface area contributed by atoms with Crippen molar-refractivity contribution in [3.8, 4) is 0 Å². The zero-order valence-electron chi connectivity index (χ0n) is 11.7. The summed E-state index contributed by atoms with van der Waals surface area (Å²) in [4.78, 5) is 11.8. The summed E-state index contributed by atoms with van der Waals surface area (Å²) in [7, 11) is 0. The van der Waals surface area contributed by atoms with Crippen LogP contribution in [0, 0.1) is 0 Å². The molecule has 5 heteroatoms. The van der Waals surface area contributed by atoms with Crippen LogP contribution in [0.5, 0.6) is 0 Å². The number of amides is 2. The first-order valence-corrected chi connectivity index (χ1v) is 7.71. The van der Waals surface area contributed by atoms with Gasteiger partial charge in [-0.3, -0.25) is 5.32 Å². The van der Waals surface area contributed by atoms with Crippen LogP contribution in [0.3, 0.4) is 0 Å². The van der Waals surface area contributed by atoms with E-state index in [9.17, 15) is 4.79 Å². The predicted molar refractivity (Wildman–Crippen MR) is 93.1 cm³/mol. The van der Waals surface area contributed by atoms with E-state index in [0.29, 0.717) is 0 Å². The number of para-hydroxylation sites is 1. The number of carbonyl (C=O) groups excluding carboxylic acids is 1. The molecule has 0 radical (unpaired) electrons. The first kappa shape index (κ1) is 14.2. The number of benzene rings is 2. The van der Waals surface area contributed by atoms with Gasteiger partial charge in [0.05, 0.1) is 5.00 Å². The van der Waals surface area contributed by atoms with Crippen LogP contribution < -0.4 is 16.0 Å². The lowest BCUT2D eigenvalue weighted by Crippen LogP contribution is -2.18. The molecule has 0 fully saturated rings. The summed E-state index contributed by atoms with van der Waals surface area (Å²) >= 11 is 1.48. The third kappa shape index (κ3) is 3.86. The lowest BCUT2D eigenvalue weighted by atomic mass is 10.2. The Morgan fingerprint density at radius 2 is 1.41 bits per heavy atom. The first-order valence-electron chi connectivity index (χ1n) is 6.83. The van der Waals surface area contributed by atoms with Crippen molar-refractivity contribution in [1.82, 2.24) is 0 Å². The summed E-state index contributed by atoms with van der Waals surface area (Å²) in [5, 5.41) is 11.6. The molecule has 3 aromatic rings. The lowest BCUT2D eigenvalue weighted by molar-refractivity contribution is 0.262. The molecular weight excluding hydrogens is 294 g/mol. The molecule has 1 heterocycles. The number of urea groups is 1. The molecular formula is C17H15N3OS. The monoisotopic (exact) mass is 309 g/mol. The van der Waals surface area contributed by atoms with Crippen LogP contribution in [0.25, 0.3) is 0 Å². The Bertz CT molecular complexity index is 724. The zero-order valence-corrected chi connectivity index (χ0v) is 12.6. The molecule has 0 unspecified atom stereocenters. The molecule has 0 aliphatic carbocycles. The Hall–Kier alpha value is -2.79. The Morgan fingerprint density at radius 3 is 2.09 bits per heavy atom. The standard InChI is InChI=1S/C17H15N3OS/c21-17(20-16-7-4-12-22-16)19-15-10-8-14(9-11-15)18-13-5-2-1-3-6-13/h1-12,18H,(H2,19,20,21). The number of rotatable bonds is 4. The van der Waals surface area contributed by atoms with E-state index in [1.54, 1.807) is 0 Å². The fraction of sp³-hybridized carbons (Fsp3) is 0. The summed E-state index contributed by atoms with van der Waals surface area (Å²) in [5.41, 5.74) is 2.74. The molecule has 22 heavy (non-hydrogen) atoms. The van der Waals surface area contributed by atoms with E-state index in [2.05, 4.69) is 16.0 Å². The Morgan fingerprint density at radius 1 is 0.727 bits per heavy atom. The second kappa shape index (κ2) is 6.78. The zero-order chi connectivity index (χ0) is 15.2. The molecule has 0 spiro atoms. The molecule has 4 nitrogen and oxygen atoms in total. The predicted octanol–water partition coefficient (Wildman–Crippen LogP) is 5.14. The summed E-state index contributed by atoms with van der Waals surface area (Å²) in [6, 6.07) is 21.0. The van der Waals surface area contributed by atoms with Gasteiger partial charge in [0.15, 0.2) is 0 Å². The molecule has 1 aromatic heterocycles. The highest BCUT2D eigenvalue weighted by atomic mass is 32.1. The van der Waals surface area contributed by atoms with Crippen LogP contribution >= 0.6 is 11.3 Å². The van der Waals surface area contributed by atoms with Gasteiger partial charge >= 0.3 is 6.03 Å². The Labute approximate surface area is 132 Å². The quantitative estimate of drug-likeness (QED) is 0.625. The average molecular weight is 309 g/mol. The molecule has 0 bridgehead atoms. The van der Waals surface area contributed by atoms with Crippen molar-refractivity contribution in [1.29, 1.82) is 0 Å². The highest BCUT2D eigenvalue weighted by molar-refractivity contribution is 7.14. The lowest BCUT2D eigenvalue weighted by Gasteiger charge is -2.09. The summed E-state index contributed by atoms with van der Waals surface area (Å²) in [5.74, 6) is 0. The SMILES string of the molecule is O=C(Nc1ccc(Nc2ccccc2)cc1)Nc1cccs1. The van der Waals surface area contributed by atoms with Gasteiger partial charge < -0.3 is 10.6 Å². The van der Waals surface area contributed by atoms with Gasteiger partial charge in [0.1, 0.15) is 0 Å². The van der Waals surface area contributed by atoms with E-state index in [1.165, 1.54) is 11.3 Å². The topological polar surface area (TPSA) is 53.2 Å². The molecule has 3 N–H and O–H groups in total. The highest BCUT2D eigenvalue weighted by Crippen LogP contribution is 2.19. The van der Waals surface area contributed by atoms with E-state index in [-0.39, 0.29) is 6.03 Å². The van der Waals surface area contributed by atoms with Crippen molar-refractivity contribution in [3.05, 3.63) is 72.1 Å². The molecule has 2 aromatic carbocycles. The van der Waals surface area contributed by atoms with Gasteiger partial charge in [-0.1, -0.05) is 18.2 Å². The van der Waals surface area contributed by atoms with E-state index < -0.39 is 0 Å². The third-order valence-electron chi connectivity index (χ3n) is 2.96. The maximum atomic E-state index is 11.8. The largest absolute Gasteiger partial charge is 0.356 e. The van der Waals surface area contributed by atoms with Gasteiger partial charge in [-0.25, -0.2) is 4.79 Å². The summed E-state index contributed by atoms with van der Waals surface area (Å²) < 4.78 is 0. The van der Waals surface area contributed by atoms with Crippen LogP contribution in [0.4, 0.5) is 26.9 Å². The van der Waals surface area contributed by atoms with E-state index >= 15 is 0 Å². The number of anilines is 4. The van der Waals surface area contributed by atoms with Crippen molar-refractivity contribution in [2.75, 3.05) is 16.0 Å². The second-order valence-corrected chi connectivity index (χ2v) is 5.57. The van der Waals surface area contributed by atoms with Crippen LogP contribution in [-0.4, -0.2) is 6.03 Å². The van der Waals surface area contributed by atoms with Crippen molar-refractivity contribution in [2.24, 2.45) is 0 Å². The van der Waals surface area contributed by atoms with Gasteiger partial charge in [-0.2, -0.15) is 0 Å². The normalized spacial score (nSPS) is 10.0. The molecule has 0 saturated carbocycles. The minimum absolute atomic E-state index is 0.244. The molecule has 2 amide bonds. The smallest absolute Gasteiger partial charge is 0.324 e. The summed E-state index contributed by atoms with van der Waals surface area (Å²) in [6.45, 7) is 0. The third-order valence-corrected chi connectivity index (χ3v) is 3.75. The van der Waals surface area contributed by atoms with Crippen LogP contribution in [0.2, 0.25) is 0 Å². The van der Waals surface area contributed by atoms with E-state index in [0.717, 1.165) is 22.1 Å². The van der Waals surface area contributed by atoms with Crippen LogP contribution in [-0.2, 0) is 0 Å². The minimum Gasteiger partial charge on any atom is -0.356 e. The minimum atomic E-state index is -0.244. The number of hydrogen-bond acceptors (Lipinski definition) is 3. The van der Waals surface area contributed by atoms with Crippen LogP contribution in [0.1, 0.15) is 0 Å². The first-order chi connectivity index (χ1) is 10.8. The fourth-order valence-electron chi connectivity index (χ4n) is 1.95. The molecule has 0 atom stereocenters. The van der Waals surface area contributed by atoms with E-state index in [1.807, 2.05) is 72.1 Å². The van der Waals surface area contributed by atoms with Crippen molar-refractivity contribution in [2.45, 2.75) is 0 Å². The van der Waals surface area contributed by atoms with Gasteiger partial charge in [0, 0.05) is 17.1 Å². The molecule has 3 rings (SSSR count). The van der Waals surface area contributed by atoms with Crippen molar-refractivity contribution in [3.63, 3.8) is 0 Å². The molecule has 0 aliphatic rings. The average Bonchev–Trinajstić information content (AvgIpc) is 3.03. The number of nitrogens with one attached hydrogen (secondary N) is 3. The van der Waals surface area contributed by atoms with E-state index in [4.69, 9.17) is 0 Å². The number of thiophene rings is 1. The van der Waals surface area contributed by atoms with Crippen LogP contribution in [0.15, 0.2) is 72.1 Å². The van der Waals surface area contributed by atoms with Crippen molar-refractivity contribution < 1.29 is 4.79 Å².